The molecule has 0 aromatic rings. The van der Waals surface area contributed by atoms with Gasteiger partial charge in [-0.1, -0.05) is 27.2 Å². The molecule has 0 saturated carbocycles. The third kappa shape index (κ3) is 3.65. The Morgan fingerprint density at radius 1 is 1.23 bits per heavy atom. The van der Waals surface area contributed by atoms with Crippen LogP contribution < -0.4 is 0 Å². The second kappa shape index (κ2) is 5.61. The Morgan fingerprint density at radius 2 is 1.85 bits per heavy atom. The zero-order valence-electron chi connectivity index (χ0n) is 9.08. The lowest BCUT2D eigenvalue weighted by Crippen LogP contribution is -2.34. The Labute approximate surface area is 81.6 Å². The lowest BCUT2D eigenvalue weighted by atomic mass is 9.97. The summed E-state index contributed by atoms with van der Waals surface area (Å²) in [6.45, 7) is 8.41. The van der Waals surface area contributed by atoms with Crippen LogP contribution in [0.1, 0.15) is 40.0 Å². The molecule has 78 valence electrons. The van der Waals surface area contributed by atoms with Crippen molar-refractivity contribution in [2.75, 3.05) is 13.2 Å². The molecule has 0 amide bonds. The van der Waals surface area contributed by atoms with Crippen molar-refractivity contribution >= 4 is 0 Å². The van der Waals surface area contributed by atoms with Crippen molar-refractivity contribution in [2.24, 2.45) is 11.8 Å². The van der Waals surface area contributed by atoms with Crippen LogP contribution in [0.5, 0.6) is 0 Å². The summed E-state index contributed by atoms with van der Waals surface area (Å²) >= 11 is 0. The summed E-state index contributed by atoms with van der Waals surface area (Å²) in [5, 5.41) is 0. The zero-order chi connectivity index (χ0) is 9.68. The molecule has 0 bridgehead atoms. The molecule has 1 heterocycles. The maximum Gasteiger partial charge on any atom is 0.157 e. The minimum atomic E-state index is 0.0787. The van der Waals surface area contributed by atoms with Gasteiger partial charge in [0, 0.05) is 5.92 Å². The van der Waals surface area contributed by atoms with E-state index in [-0.39, 0.29) is 6.29 Å². The molecule has 1 saturated heterocycles. The third-order valence-electron chi connectivity index (χ3n) is 2.73. The van der Waals surface area contributed by atoms with Crippen LogP contribution >= 0.6 is 0 Å². The van der Waals surface area contributed by atoms with Crippen LogP contribution in [0.4, 0.5) is 0 Å². The minimum absolute atomic E-state index is 0.0787. The van der Waals surface area contributed by atoms with Gasteiger partial charge in [-0.25, -0.2) is 0 Å². The number of hydrogen-bond donors (Lipinski definition) is 0. The molecule has 0 spiro atoms. The molecule has 2 nitrogen and oxygen atoms in total. The lowest BCUT2D eigenvalue weighted by Gasteiger charge is -2.31. The van der Waals surface area contributed by atoms with Crippen molar-refractivity contribution in [2.45, 2.75) is 46.3 Å². The summed E-state index contributed by atoms with van der Waals surface area (Å²) < 4.78 is 11.3. The van der Waals surface area contributed by atoms with Gasteiger partial charge in [-0.2, -0.15) is 0 Å². The van der Waals surface area contributed by atoms with Crippen LogP contribution in [0.2, 0.25) is 0 Å². The first kappa shape index (κ1) is 11.0. The molecule has 0 radical (unpaired) electrons. The maximum atomic E-state index is 5.63. The number of hydrogen-bond acceptors (Lipinski definition) is 2. The van der Waals surface area contributed by atoms with E-state index < -0.39 is 0 Å². The quantitative estimate of drug-likeness (QED) is 0.672. The number of unbranched alkanes of at least 4 members (excludes halogenated alkanes) is 1. The molecule has 0 atom stereocenters. The van der Waals surface area contributed by atoms with Crippen LogP contribution in [-0.2, 0) is 9.47 Å². The van der Waals surface area contributed by atoms with Gasteiger partial charge in [0.2, 0.25) is 0 Å². The van der Waals surface area contributed by atoms with Crippen molar-refractivity contribution in [1.29, 1.82) is 0 Å². The summed E-state index contributed by atoms with van der Waals surface area (Å²) in [7, 11) is 0. The smallest absolute Gasteiger partial charge is 0.157 e. The zero-order valence-corrected chi connectivity index (χ0v) is 9.08. The van der Waals surface area contributed by atoms with Crippen LogP contribution in [0.15, 0.2) is 0 Å². The van der Waals surface area contributed by atoms with Gasteiger partial charge in [-0.3, -0.25) is 0 Å². The Bertz CT molecular complexity index is 126. The van der Waals surface area contributed by atoms with Gasteiger partial charge in [-0.05, 0) is 18.8 Å². The van der Waals surface area contributed by atoms with Crippen molar-refractivity contribution in [1.82, 2.24) is 0 Å². The molecule has 13 heavy (non-hydrogen) atoms. The normalized spacial score (nSPS) is 29.5. The van der Waals surface area contributed by atoms with Crippen molar-refractivity contribution in [3.63, 3.8) is 0 Å². The van der Waals surface area contributed by atoms with E-state index >= 15 is 0 Å². The Morgan fingerprint density at radius 3 is 2.31 bits per heavy atom. The van der Waals surface area contributed by atoms with Gasteiger partial charge in [0.05, 0.1) is 13.2 Å². The Kier molecular flexibility index (Phi) is 4.74. The first-order valence-electron chi connectivity index (χ1n) is 5.47. The highest BCUT2D eigenvalue weighted by Gasteiger charge is 2.23. The van der Waals surface area contributed by atoms with E-state index in [1.165, 1.54) is 12.8 Å². The monoisotopic (exact) mass is 186 g/mol. The Balaban J connectivity index is 2.15. The standard InChI is InChI=1S/C11H22O2/c1-4-5-6-11-12-7-10(8-13-11)9(2)3/h9-11H,4-8H2,1-3H3. The first-order chi connectivity index (χ1) is 6.24. The van der Waals surface area contributed by atoms with Gasteiger partial charge >= 0.3 is 0 Å². The molecule has 2 heteroatoms. The summed E-state index contributed by atoms with van der Waals surface area (Å²) in [6, 6.07) is 0. The third-order valence-corrected chi connectivity index (χ3v) is 2.73. The fourth-order valence-corrected chi connectivity index (χ4v) is 1.48. The largest absolute Gasteiger partial charge is 0.352 e. The maximum absolute atomic E-state index is 5.63. The number of ether oxygens (including phenoxy) is 2. The highest BCUT2D eigenvalue weighted by Crippen LogP contribution is 2.20. The molecular formula is C11H22O2. The van der Waals surface area contributed by atoms with Gasteiger partial charge in [0.15, 0.2) is 6.29 Å². The topological polar surface area (TPSA) is 18.5 Å². The summed E-state index contributed by atoms with van der Waals surface area (Å²) in [5.74, 6) is 1.27. The molecule has 1 rings (SSSR count). The lowest BCUT2D eigenvalue weighted by molar-refractivity contribution is -0.209. The van der Waals surface area contributed by atoms with Crippen LogP contribution in [0.25, 0.3) is 0 Å². The summed E-state index contributed by atoms with van der Waals surface area (Å²) in [6.07, 6.45) is 3.56. The van der Waals surface area contributed by atoms with E-state index in [9.17, 15) is 0 Å². The average Bonchev–Trinajstić information content (AvgIpc) is 2.15. The summed E-state index contributed by atoms with van der Waals surface area (Å²) in [4.78, 5) is 0. The second-order valence-corrected chi connectivity index (χ2v) is 4.24. The highest BCUT2D eigenvalue weighted by molar-refractivity contribution is 4.66. The van der Waals surface area contributed by atoms with Crippen LogP contribution in [0.3, 0.4) is 0 Å². The first-order valence-corrected chi connectivity index (χ1v) is 5.47. The van der Waals surface area contributed by atoms with Gasteiger partial charge in [0.1, 0.15) is 0 Å². The van der Waals surface area contributed by atoms with Gasteiger partial charge < -0.3 is 9.47 Å². The molecule has 1 aliphatic rings. The van der Waals surface area contributed by atoms with Gasteiger partial charge in [0.25, 0.3) is 0 Å². The molecule has 0 N–H and O–H groups in total. The van der Waals surface area contributed by atoms with E-state index in [2.05, 4.69) is 20.8 Å². The molecular weight excluding hydrogens is 164 g/mol. The molecule has 1 aliphatic heterocycles. The van der Waals surface area contributed by atoms with E-state index in [0.717, 1.165) is 19.6 Å². The van der Waals surface area contributed by atoms with Crippen LogP contribution in [0, 0.1) is 11.8 Å². The molecule has 0 unspecified atom stereocenters. The SMILES string of the molecule is CCCCC1OCC(C(C)C)CO1. The van der Waals surface area contributed by atoms with Gasteiger partial charge in [-0.15, -0.1) is 0 Å². The molecule has 0 aliphatic carbocycles. The van der Waals surface area contributed by atoms with Crippen molar-refractivity contribution in [3.8, 4) is 0 Å². The predicted molar refractivity (Wildman–Crippen MR) is 53.5 cm³/mol. The fourth-order valence-electron chi connectivity index (χ4n) is 1.48. The van der Waals surface area contributed by atoms with Crippen molar-refractivity contribution < 1.29 is 9.47 Å². The van der Waals surface area contributed by atoms with E-state index in [4.69, 9.17) is 9.47 Å². The van der Waals surface area contributed by atoms with Crippen LogP contribution in [-0.4, -0.2) is 19.5 Å². The van der Waals surface area contributed by atoms with E-state index in [1.807, 2.05) is 0 Å². The molecule has 0 aromatic heterocycles. The van der Waals surface area contributed by atoms with E-state index in [0.29, 0.717) is 11.8 Å². The predicted octanol–water partition coefficient (Wildman–Crippen LogP) is 2.82. The van der Waals surface area contributed by atoms with Crippen molar-refractivity contribution in [3.05, 3.63) is 0 Å². The molecule has 1 fully saturated rings. The summed E-state index contributed by atoms with van der Waals surface area (Å²) in [5.41, 5.74) is 0. The molecule has 0 aromatic carbocycles. The number of rotatable bonds is 4. The Hall–Kier alpha value is -0.0800. The van der Waals surface area contributed by atoms with E-state index in [1.54, 1.807) is 0 Å². The highest BCUT2D eigenvalue weighted by atomic mass is 16.7. The fraction of sp³-hybridized carbons (Fsp3) is 1.00. The second-order valence-electron chi connectivity index (χ2n) is 4.24. The minimum Gasteiger partial charge on any atom is -0.352 e. The average molecular weight is 186 g/mol.